The van der Waals surface area contributed by atoms with Gasteiger partial charge in [-0.3, -0.25) is 4.98 Å². The standard InChI is InChI=1S/C27H33N9O2S/c1-4-5-18-21-19(9-11-28-18)39-24(32-21)20-15(3)31-25(30-14(2)16-6-7-16)33-23(20)34-26(37)10-8-17-22(27(17,26)38)36-13-12-29-35-36/h9,11-14,16-17,22,37-38H,4-8,10H2,1-3H3,(H2,30,31,33,34). The fourth-order valence-electron chi connectivity index (χ4n) is 6.37. The van der Waals surface area contributed by atoms with Crippen LogP contribution in [-0.4, -0.2) is 62.5 Å². The van der Waals surface area contributed by atoms with Crippen molar-refractivity contribution in [1.82, 2.24) is 34.9 Å². The number of nitrogens with zero attached hydrogens (tertiary/aromatic N) is 7. The van der Waals surface area contributed by atoms with Crippen LogP contribution in [0.4, 0.5) is 11.8 Å². The molecule has 0 bridgehead atoms. The topological polar surface area (TPSA) is 147 Å². The monoisotopic (exact) mass is 547 g/mol. The van der Waals surface area contributed by atoms with E-state index in [1.54, 1.807) is 28.4 Å². The molecule has 0 amide bonds. The first-order valence-electron chi connectivity index (χ1n) is 13.8. The lowest BCUT2D eigenvalue weighted by Gasteiger charge is -2.33. The third kappa shape index (κ3) is 3.91. The van der Waals surface area contributed by atoms with Gasteiger partial charge >= 0.3 is 0 Å². The average Bonchev–Trinajstić information content (AvgIpc) is 3.66. The molecule has 7 rings (SSSR count). The van der Waals surface area contributed by atoms with E-state index < -0.39 is 11.3 Å². The molecule has 0 radical (unpaired) electrons. The fraction of sp³-hybridized carbons (Fsp3) is 0.556. The second-order valence-corrected chi connectivity index (χ2v) is 12.3. The highest BCUT2D eigenvalue weighted by molar-refractivity contribution is 7.21. The number of fused-ring (bicyclic) bond motifs is 2. The lowest BCUT2D eigenvalue weighted by molar-refractivity contribution is -0.0723. The lowest BCUT2D eigenvalue weighted by Crippen LogP contribution is -2.51. The largest absolute Gasteiger partial charge is 0.382 e. The van der Waals surface area contributed by atoms with E-state index in [0.29, 0.717) is 30.5 Å². The van der Waals surface area contributed by atoms with E-state index in [4.69, 9.17) is 15.0 Å². The van der Waals surface area contributed by atoms with E-state index in [0.717, 1.165) is 45.0 Å². The quantitative estimate of drug-likeness (QED) is 0.229. The van der Waals surface area contributed by atoms with Crippen LogP contribution >= 0.6 is 11.3 Å². The highest BCUT2D eigenvalue weighted by atomic mass is 32.1. The van der Waals surface area contributed by atoms with Crippen molar-refractivity contribution in [3.8, 4) is 10.6 Å². The van der Waals surface area contributed by atoms with Gasteiger partial charge in [0.15, 0.2) is 5.72 Å². The molecule has 3 aliphatic carbocycles. The summed E-state index contributed by atoms with van der Waals surface area (Å²) < 4.78 is 2.69. The Morgan fingerprint density at radius 1 is 1.18 bits per heavy atom. The number of anilines is 2. The normalized spacial score (nSPS) is 28.4. The summed E-state index contributed by atoms with van der Waals surface area (Å²) in [6, 6.07) is 1.88. The summed E-state index contributed by atoms with van der Waals surface area (Å²) in [6.45, 7) is 6.23. The third-order valence-electron chi connectivity index (χ3n) is 8.68. The first-order chi connectivity index (χ1) is 18.8. The Hall–Kier alpha value is -3.22. The van der Waals surface area contributed by atoms with Crippen molar-refractivity contribution < 1.29 is 10.2 Å². The molecule has 3 aliphatic rings. The summed E-state index contributed by atoms with van der Waals surface area (Å²) in [6.07, 6.45) is 10.4. The molecule has 204 valence electrons. The maximum atomic E-state index is 11.9. The first kappa shape index (κ1) is 24.8. The number of aromatic nitrogens is 7. The Morgan fingerprint density at radius 3 is 2.77 bits per heavy atom. The fourth-order valence-corrected chi connectivity index (χ4v) is 7.45. The van der Waals surface area contributed by atoms with Gasteiger partial charge in [0.05, 0.1) is 33.9 Å². The molecule has 0 spiro atoms. The van der Waals surface area contributed by atoms with Gasteiger partial charge in [0.2, 0.25) is 5.95 Å². The van der Waals surface area contributed by atoms with Gasteiger partial charge in [-0.05, 0) is 57.9 Å². The molecular weight excluding hydrogens is 514 g/mol. The number of rotatable bonds is 9. The molecular formula is C27H33N9O2S. The number of nitrogens with one attached hydrogen (secondary N) is 2. The molecule has 0 aliphatic heterocycles. The van der Waals surface area contributed by atoms with Gasteiger partial charge in [0.1, 0.15) is 21.9 Å². The van der Waals surface area contributed by atoms with Crippen molar-refractivity contribution in [2.45, 2.75) is 82.7 Å². The molecule has 4 N–H and O–H groups in total. The number of hydrogen-bond donors (Lipinski definition) is 4. The zero-order valence-corrected chi connectivity index (χ0v) is 23.1. The lowest BCUT2D eigenvalue weighted by atomic mass is 10.0. The van der Waals surface area contributed by atoms with Gasteiger partial charge in [-0.1, -0.05) is 18.6 Å². The summed E-state index contributed by atoms with van der Waals surface area (Å²) in [4.78, 5) is 19.3. The number of aryl methyl sites for hydroxylation is 2. The second-order valence-electron chi connectivity index (χ2n) is 11.3. The van der Waals surface area contributed by atoms with Crippen LogP contribution in [0.5, 0.6) is 0 Å². The summed E-state index contributed by atoms with van der Waals surface area (Å²) in [5.41, 5.74) is 0.340. The molecule has 12 heteroatoms. The minimum Gasteiger partial charge on any atom is -0.382 e. The molecule has 4 aromatic rings. The van der Waals surface area contributed by atoms with Gasteiger partial charge in [-0.15, -0.1) is 16.4 Å². The van der Waals surface area contributed by atoms with Crippen molar-refractivity contribution in [2.75, 3.05) is 10.6 Å². The van der Waals surface area contributed by atoms with E-state index in [1.807, 2.05) is 19.2 Å². The molecule has 4 heterocycles. The van der Waals surface area contributed by atoms with Crippen molar-refractivity contribution in [2.24, 2.45) is 11.8 Å². The minimum absolute atomic E-state index is 0.124. The molecule has 3 fully saturated rings. The molecule has 39 heavy (non-hydrogen) atoms. The smallest absolute Gasteiger partial charge is 0.225 e. The van der Waals surface area contributed by atoms with Crippen molar-refractivity contribution >= 4 is 33.3 Å². The van der Waals surface area contributed by atoms with E-state index >= 15 is 0 Å². The van der Waals surface area contributed by atoms with E-state index in [1.165, 1.54) is 12.8 Å². The molecule has 3 saturated carbocycles. The SMILES string of the molecule is CCCc1nccc2sc(-c3c(C)nc(NC(C)C4CC4)nc3NC3(O)CCC4C(n5ccnn5)C43O)nc12. The van der Waals surface area contributed by atoms with Gasteiger partial charge in [0.25, 0.3) is 0 Å². The Labute approximate surface area is 230 Å². The molecule has 0 aromatic carbocycles. The van der Waals surface area contributed by atoms with Crippen molar-refractivity contribution in [3.05, 3.63) is 36.0 Å². The highest BCUT2D eigenvalue weighted by Gasteiger charge is 2.79. The summed E-state index contributed by atoms with van der Waals surface area (Å²) >= 11 is 1.56. The summed E-state index contributed by atoms with van der Waals surface area (Å²) in [5, 5.41) is 39.2. The predicted molar refractivity (Wildman–Crippen MR) is 148 cm³/mol. The molecule has 5 unspecified atom stereocenters. The molecule has 11 nitrogen and oxygen atoms in total. The van der Waals surface area contributed by atoms with Crippen LogP contribution in [0.15, 0.2) is 24.7 Å². The van der Waals surface area contributed by atoms with Crippen LogP contribution in [-0.2, 0) is 6.42 Å². The van der Waals surface area contributed by atoms with Crippen LogP contribution in [0.3, 0.4) is 0 Å². The second kappa shape index (κ2) is 8.90. The third-order valence-corrected chi connectivity index (χ3v) is 9.72. The van der Waals surface area contributed by atoms with Gasteiger partial charge in [0, 0.05) is 24.4 Å². The summed E-state index contributed by atoms with van der Waals surface area (Å²) in [5.74, 6) is 1.45. The molecule has 4 aromatic heterocycles. The van der Waals surface area contributed by atoms with Gasteiger partial charge < -0.3 is 20.8 Å². The Kier molecular flexibility index (Phi) is 5.66. The Morgan fingerprint density at radius 2 is 2.03 bits per heavy atom. The minimum atomic E-state index is -1.60. The average molecular weight is 548 g/mol. The van der Waals surface area contributed by atoms with E-state index in [2.05, 4.69) is 39.8 Å². The van der Waals surface area contributed by atoms with Crippen LogP contribution in [0, 0.1) is 18.8 Å². The number of hydrogen-bond acceptors (Lipinski definition) is 11. The number of aliphatic hydroxyl groups is 2. The zero-order valence-electron chi connectivity index (χ0n) is 22.3. The zero-order chi connectivity index (χ0) is 26.9. The first-order valence-corrected chi connectivity index (χ1v) is 14.6. The summed E-state index contributed by atoms with van der Waals surface area (Å²) in [7, 11) is 0. The molecule has 0 saturated heterocycles. The maximum absolute atomic E-state index is 11.9. The highest BCUT2D eigenvalue weighted by Crippen LogP contribution is 2.67. The van der Waals surface area contributed by atoms with Gasteiger partial charge in [-0.2, -0.15) is 4.98 Å². The van der Waals surface area contributed by atoms with Crippen LogP contribution in [0.25, 0.3) is 20.8 Å². The van der Waals surface area contributed by atoms with Crippen LogP contribution in [0.1, 0.15) is 63.4 Å². The predicted octanol–water partition coefficient (Wildman–Crippen LogP) is 3.71. The van der Waals surface area contributed by atoms with Crippen LogP contribution < -0.4 is 10.6 Å². The Bertz CT molecular complexity index is 1540. The molecule has 5 atom stereocenters. The Balaban J connectivity index is 1.31. The van der Waals surface area contributed by atoms with Crippen LogP contribution in [0.2, 0.25) is 0 Å². The van der Waals surface area contributed by atoms with Crippen molar-refractivity contribution in [1.29, 1.82) is 0 Å². The van der Waals surface area contributed by atoms with E-state index in [-0.39, 0.29) is 18.0 Å². The van der Waals surface area contributed by atoms with Gasteiger partial charge in [-0.25, -0.2) is 14.6 Å². The van der Waals surface area contributed by atoms with E-state index in [9.17, 15) is 10.2 Å². The maximum Gasteiger partial charge on any atom is 0.225 e. The number of thiazole rings is 1. The number of pyridine rings is 1. The van der Waals surface area contributed by atoms with Crippen molar-refractivity contribution in [3.63, 3.8) is 0 Å².